The van der Waals surface area contributed by atoms with Crippen LogP contribution in [-0.4, -0.2) is 18.5 Å². The van der Waals surface area contributed by atoms with Gasteiger partial charge >= 0.3 is 5.97 Å². The van der Waals surface area contributed by atoms with Crippen molar-refractivity contribution in [3.63, 3.8) is 0 Å². The second kappa shape index (κ2) is 8.01. The number of nitrogens with zero attached hydrogens (tertiary/aromatic N) is 1. The van der Waals surface area contributed by atoms with Crippen LogP contribution in [0.1, 0.15) is 24.5 Å². The zero-order valence-electron chi connectivity index (χ0n) is 13.5. The predicted octanol–water partition coefficient (Wildman–Crippen LogP) is 5.08. The van der Waals surface area contributed by atoms with E-state index in [4.69, 9.17) is 21.1 Å². The fourth-order valence-electron chi connectivity index (χ4n) is 2.22. The van der Waals surface area contributed by atoms with Crippen molar-refractivity contribution in [3.8, 4) is 5.75 Å². The van der Waals surface area contributed by atoms with Crippen molar-refractivity contribution in [2.45, 2.75) is 13.3 Å². The maximum Gasteiger partial charge on any atom is 0.363 e. The molecule has 4 nitrogen and oxygen atoms in total. The zero-order valence-corrected chi connectivity index (χ0v) is 16.4. The van der Waals surface area contributed by atoms with Crippen molar-refractivity contribution < 1.29 is 14.3 Å². The molecule has 128 valence electrons. The number of cyclic esters (lactones) is 1. The Morgan fingerprint density at radius 3 is 2.72 bits per heavy atom. The van der Waals surface area contributed by atoms with E-state index in [9.17, 15) is 4.79 Å². The van der Waals surface area contributed by atoms with Crippen LogP contribution < -0.4 is 4.74 Å². The molecule has 0 saturated carbocycles. The van der Waals surface area contributed by atoms with Gasteiger partial charge in [-0.15, -0.1) is 0 Å². The van der Waals surface area contributed by atoms with Gasteiger partial charge in [-0.05, 0) is 71.0 Å². The van der Waals surface area contributed by atoms with Crippen molar-refractivity contribution in [2.24, 2.45) is 4.99 Å². The van der Waals surface area contributed by atoms with Gasteiger partial charge in [0.15, 0.2) is 5.70 Å². The quantitative estimate of drug-likeness (QED) is 0.350. The van der Waals surface area contributed by atoms with E-state index in [-0.39, 0.29) is 11.6 Å². The fourth-order valence-corrected chi connectivity index (χ4v) is 2.91. The van der Waals surface area contributed by atoms with Crippen LogP contribution in [0.4, 0.5) is 0 Å². The van der Waals surface area contributed by atoms with Gasteiger partial charge in [0.2, 0.25) is 5.90 Å². The maximum atomic E-state index is 12.1. The summed E-state index contributed by atoms with van der Waals surface area (Å²) in [5.41, 5.74) is 1.69. The average Bonchev–Trinajstić information content (AvgIpc) is 2.97. The van der Waals surface area contributed by atoms with E-state index in [2.05, 4.69) is 34.5 Å². The molecule has 2 aromatic carbocycles. The number of aliphatic imine (C=N–C) groups is 1. The van der Waals surface area contributed by atoms with Crippen LogP contribution in [0, 0.1) is 3.57 Å². The minimum Gasteiger partial charge on any atom is -0.494 e. The number of rotatable bonds is 5. The van der Waals surface area contributed by atoms with Crippen molar-refractivity contribution in [1.29, 1.82) is 0 Å². The normalized spacial score (nSPS) is 15.2. The highest BCUT2D eigenvalue weighted by Gasteiger charge is 2.25. The number of hydrogen-bond acceptors (Lipinski definition) is 4. The number of carbonyl (C=O) groups excluding carboxylic acids is 1. The molecule has 1 aliphatic heterocycles. The minimum absolute atomic E-state index is 0.225. The van der Waals surface area contributed by atoms with E-state index in [1.165, 1.54) is 0 Å². The summed E-state index contributed by atoms with van der Waals surface area (Å²) in [6.45, 7) is 2.73. The molecule has 0 radical (unpaired) electrons. The van der Waals surface area contributed by atoms with Gasteiger partial charge in [0.05, 0.1) is 17.2 Å². The summed E-state index contributed by atoms with van der Waals surface area (Å²) in [4.78, 5) is 16.4. The number of halogens is 2. The highest BCUT2D eigenvalue weighted by molar-refractivity contribution is 14.1. The molecule has 0 fully saturated rings. The van der Waals surface area contributed by atoms with E-state index in [0.29, 0.717) is 17.2 Å². The average molecular weight is 468 g/mol. The first kappa shape index (κ1) is 17.9. The van der Waals surface area contributed by atoms with Crippen molar-refractivity contribution in [3.05, 3.63) is 67.9 Å². The summed E-state index contributed by atoms with van der Waals surface area (Å²) in [6, 6.07) is 12.9. The number of carbonyl (C=O) groups is 1. The molecule has 0 unspecified atom stereocenters. The lowest BCUT2D eigenvalue weighted by molar-refractivity contribution is -0.129. The van der Waals surface area contributed by atoms with Gasteiger partial charge < -0.3 is 9.47 Å². The Balaban J connectivity index is 1.84. The minimum atomic E-state index is -0.490. The molecule has 25 heavy (non-hydrogen) atoms. The van der Waals surface area contributed by atoms with E-state index in [1.54, 1.807) is 12.1 Å². The molecule has 0 bridgehead atoms. The largest absolute Gasteiger partial charge is 0.494 e. The standard InChI is InChI=1S/C19H15ClINO3/c1-2-9-24-14-6-3-12(4-7-14)10-17-19(23)25-18(22-17)15-11-13(21)5-8-16(15)20/h3-8,10-11H,2,9H2,1H3/b17-10-. The number of ether oxygens (including phenoxy) is 2. The Labute approximate surface area is 164 Å². The van der Waals surface area contributed by atoms with Gasteiger partial charge in [0.25, 0.3) is 0 Å². The Kier molecular flexibility index (Phi) is 5.75. The Hall–Kier alpha value is -1.86. The van der Waals surface area contributed by atoms with Crippen LogP contribution in [0.15, 0.2) is 53.2 Å². The summed E-state index contributed by atoms with van der Waals surface area (Å²) >= 11 is 8.35. The molecule has 0 saturated heterocycles. The highest BCUT2D eigenvalue weighted by atomic mass is 127. The van der Waals surface area contributed by atoms with Crippen LogP contribution in [0.5, 0.6) is 5.75 Å². The molecule has 0 amide bonds. The first-order chi connectivity index (χ1) is 12.1. The highest BCUT2D eigenvalue weighted by Crippen LogP contribution is 2.25. The molecule has 1 aliphatic rings. The van der Waals surface area contributed by atoms with Gasteiger partial charge in [-0.3, -0.25) is 0 Å². The van der Waals surface area contributed by atoms with Gasteiger partial charge in [-0.1, -0.05) is 30.7 Å². The lowest BCUT2D eigenvalue weighted by atomic mass is 10.2. The Morgan fingerprint density at radius 1 is 1.24 bits per heavy atom. The SMILES string of the molecule is CCCOc1ccc(/C=C2\N=C(c3cc(I)ccc3Cl)OC2=O)cc1. The molecule has 2 aromatic rings. The van der Waals surface area contributed by atoms with Crippen LogP contribution >= 0.6 is 34.2 Å². The summed E-state index contributed by atoms with van der Waals surface area (Å²) in [5.74, 6) is 0.534. The zero-order chi connectivity index (χ0) is 17.8. The lowest BCUT2D eigenvalue weighted by Crippen LogP contribution is -2.06. The fraction of sp³-hybridized carbons (Fsp3) is 0.158. The first-order valence-electron chi connectivity index (χ1n) is 7.77. The molecule has 0 N–H and O–H groups in total. The summed E-state index contributed by atoms with van der Waals surface area (Å²) < 4.78 is 11.8. The maximum absolute atomic E-state index is 12.1. The summed E-state index contributed by atoms with van der Waals surface area (Å²) in [6.07, 6.45) is 2.64. The topological polar surface area (TPSA) is 47.9 Å². The van der Waals surface area contributed by atoms with Crippen LogP contribution in [0.3, 0.4) is 0 Å². The van der Waals surface area contributed by atoms with Gasteiger partial charge in [0.1, 0.15) is 5.75 Å². The van der Waals surface area contributed by atoms with Crippen LogP contribution in [0.25, 0.3) is 6.08 Å². The van der Waals surface area contributed by atoms with E-state index in [1.807, 2.05) is 36.4 Å². The Morgan fingerprint density at radius 2 is 2.00 bits per heavy atom. The smallest absolute Gasteiger partial charge is 0.363 e. The molecule has 1 heterocycles. The molecule has 0 atom stereocenters. The molecular formula is C19H15ClINO3. The molecule has 0 spiro atoms. The van der Waals surface area contributed by atoms with Gasteiger partial charge in [-0.2, -0.15) is 0 Å². The van der Waals surface area contributed by atoms with E-state index < -0.39 is 5.97 Å². The molecule has 0 aromatic heterocycles. The monoisotopic (exact) mass is 467 g/mol. The first-order valence-corrected chi connectivity index (χ1v) is 9.23. The Bertz CT molecular complexity index is 859. The summed E-state index contributed by atoms with van der Waals surface area (Å²) in [7, 11) is 0. The molecular weight excluding hydrogens is 453 g/mol. The number of esters is 1. The van der Waals surface area contributed by atoms with Gasteiger partial charge in [0, 0.05) is 3.57 Å². The third-order valence-corrected chi connectivity index (χ3v) is 4.44. The number of hydrogen-bond donors (Lipinski definition) is 0. The van der Waals surface area contributed by atoms with E-state index in [0.717, 1.165) is 21.3 Å². The second-order valence-corrected chi connectivity index (χ2v) is 7.03. The van der Waals surface area contributed by atoms with Crippen molar-refractivity contribution in [1.82, 2.24) is 0 Å². The van der Waals surface area contributed by atoms with Crippen molar-refractivity contribution in [2.75, 3.05) is 6.61 Å². The number of benzene rings is 2. The van der Waals surface area contributed by atoms with Crippen molar-refractivity contribution >= 4 is 52.1 Å². The molecule has 3 rings (SSSR count). The van der Waals surface area contributed by atoms with Crippen LogP contribution in [0.2, 0.25) is 5.02 Å². The van der Waals surface area contributed by atoms with Gasteiger partial charge in [-0.25, -0.2) is 9.79 Å². The third kappa shape index (κ3) is 4.41. The third-order valence-electron chi connectivity index (χ3n) is 3.44. The van der Waals surface area contributed by atoms with E-state index >= 15 is 0 Å². The molecule has 6 heteroatoms. The van der Waals surface area contributed by atoms with Crippen LogP contribution in [-0.2, 0) is 9.53 Å². The summed E-state index contributed by atoms with van der Waals surface area (Å²) in [5, 5.41) is 0.491. The predicted molar refractivity (Wildman–Crippen MR) is 107 cm³/mol. The molecule has 0 aliphatic carbocycles. The second-order valence-electron chi connectivity index (χ2n) is 5.38. The lowest BCUT2D eigenvalue weighted by Gasteiger charge is -2.04.